The van der Waals surface area contributed by atoms with Gasteiger partial charge < -0.3 is 9.88 Å². The van der Waals surface area contributed by atoms with Gasteiger partial charge in [-0.1, -0.05) is 31.2 Å². The quantitative estimate of drug-likeness (QED) is 0.797. The average Bonchev–Trinajstić information content (AvgIpc) is 3.11. The Morgan fingerprint density at radius 3 is 2.61 bits per heavy atom. The summed E-state index contributed by atoms with van der Waals surface area (Å²) < 4.78 is 40.4. The maximum absolute atomic E-state index is 13.5. The molecule has 2 aliphatic rings. The molecule has 1 N–H and O–H groups in total. The van der Waals surface area contributed by atoms with Gasteiger partial charge in [0.2, 0.25) is 0 Å². The van der Waals surface area contributed by atoms with Crippen molar-refractivity contribution in [2.45, 2.75) is 32.4 Å². The number of nitrogens with one attached hydrogen (secondary N) is 1. The lowest BCUT2D eigenvalue weighted by molar-refractivity contribution is -0.0963. The predicted molar refractivity (Wildman–Crippen MR) is 101 cm³/mol. The van der Waals surface area contributed by atoms with Crippen LogP contribution in [0.4, 0.5) is 13.2 Å². The molecule has 4 rings (SSSR count). The highest BCUT2D eigenvalue weighted by atomic mass is 19.4. The number of para-hydroxylation sites is 2. The molecule has 1 aromatic carbocycles. The maximum Gasteiger partial charge on any atom is 0.412 e. The molecule has 28 heavy (non-hydrogen) atoms. The number of fused-ring (bicyclic) bond motifs is 1. The number of nitrogens with zero attached hydrogens (tertiary/aromatic N) is 2. The minimum atomic E-state index is -4.30. The van der Waals surface area contributed by atoms with Crippen LogP contribution in [0.3, 0.4) is 0 Å². The Hall–Kier alpha value is -2.57. The molecule has 1 saturated heterocycles. The number of rotatable bonds is 2. The van der Waals surface area contributed by atoms with Crippen molar-refractivity contribution < 1.29 is 18.0 Å². The highest BCUT2D eigenvalue weighted by Gasteiger charge is 2.39. The molecule has 1 atom stereocenters. The zero-order valence-corrected chi connectivity index (χ0v) is 15.6. The maximum atomic E-state index is 13.5. The van der Waals surface area contributed by atoms with E-state index in [9.17, 15) is 18.0 Å². The lowest BCUT2D eigenvalue weighted by atomic mass is 9.80. The van der Waals surface area contributed by atoms with Crippen molar-refractivity contribution in [1.82, 2.24) is 14.9 Å². The molecular weight excluding hydrogens is 367 g/mol. The molecule has 2 heterocycles. The SMILES string of the molecule is CC1C=CC(C2CCN(C(=O)c3nc4ccccc4[nH]3)CC2)=C(C(F)(F)F)C1. The Balaban J connectivity index is 1.48. The summed E-state index contributed by atoms with van der Waals surface area (Å²) in [7, 11) is 0. The first-order chi connectivity index (χ1) is 13.3. The molecule has 0 spiro atoms. The molecule has 1 aliphatic heterocycles. The summed E-state index contributed by atoms with van der Waals surface area (Å²) in [5.41, 5.74) is 1.52. The first-order valence-electron chi connectivity index (χ1n) is 9.55. The second-order valence-electron chi connectivity index (χ2n) is 7.64. The van der Waals surface area contributed by atoms with Crippen molar-refractivity contribution in [3.05, 3.63) is 53.4 Å². The van der Waals surface area contributed by atoms with Crippen molar-refractivity contribution in [2.24, 2.45) is 11.8 Å². The molecule has 0 saturated carbocycles. The van der Waals surface area contributed by atoms with Crippen molar-refractivity contribution in [1.29, 1.82) is 0 Å². The van der Waals surface area contributed by atoms with E-state index in [2.05, 4.69) is 9.97 Å². The minimum Gasteiger partial charge on any atom is -0.336 e. The van der Waals surface area contributed by atoms with Gasteiger partial charge in [0.15, 0.2) is 5.82 Å². The molecular formula is C21H22F3N3O. The largest absolute Gasteiger partial charge is 0.412 e. The third kappa shape index (κ3) is 3.57. The number of aromatic nitrogens is 2. The fourth-order valence-electron chi connectivity index (χ4n) is 4.14. The number of likely N-dealkylation sites (tertiary alicyclic amines) is 1. The van der Waals surface area contributed by atoms with Crippen molar-refractivity contribution in [3.63, 3.8) is 0 Å². The van der Waals surface area contributed by atoms with Crippen molar-refractivity contribution in [2.75, 3.05) is 13.1 Å². The van der Waals surface area contributed by atoms with E-state index >= 15 is 0 Å². The Labute approximate surface area is 161 Å². The van der Waals surface area contributed by atoms with Crippen LogP contribution in [0.1, 0.15) is 36.8 Å². The van der Waals surface area contributed by atoms with Gasteiger partial charge in [0.05, 0.1) is 11.0 Å². The molecule has 1 fully saturated rings. The van der Waals surface area contributed by atoms with E-state index in [0.29, 0.717) is 31.5 Å². The lowest BCUT2D eigenvalue weighted by Crippen LogP contribution is -2.39. The molecule has 1 aliphatic carbocycles. The Kier molecular flexibility index (Phi) is 4.77. The van der Waals surface area contributed by atoms with Gasteiger partial charge in [-0.15, -0.1) is 0 Å². The third-order valence-corrected chi connectivity index (χ3v) is 5.64. The number of aromatic amines is 1. The van der Waals surface area contributed by atoms with Gasteiger partial charge in [-0.25, -0.2) is 4.98 Å². The van der Waals surface area contributed by atoms with Crippen LogP contribution in [0.5, 0.6) is 0 Å². The number of allylic oxidation sites excluding steroid dienone is 4. The van der Waals surface area contributed by atoms with E-state index < -0.39 is 11.7 Å². The van der Waals surface area contributed by atoms with Crippen molar-refractivity contribution in [3.8, 4) is 0 Å². The summed E-state index contributed by atoms with van der Waals surface area (Å²) in [5, 5.41) is 0. The number of H-pyrrole nitrogens is 1. The summed E-state index contributed by atoms with van der Waals surface area (Å²) in [5.74, 6) is -0.191. The van der Waals surface area contributed by atoms with Crippen LogP contribution < -0.4 is 0 Å². The number of hydrogen-bond acceptors (Lipinski definition) is 2. The Bertz CT molecular complexity index is 916. The number of carbonyl (C=O) groups excluding carboxylic acids is 1. The van der Waals surface area contributed by atoms with Gasteiger partial charge in [0, 0.05) is 18.7 Å². The molecule has 1 amide bonds. The van der Waals surface area contributed by atoms with Gasteiger partial charge in [0.1, 0.15) is 0 Å². The molecule has 7 heteroatoms. The second-order valence-corrected chi connectivity index (χ2v) is 7.64. The number of amides is 1. The van der Waals surface area contributed by atoms with Crippen molar-refractivity contribution >= 4 is 16.9 Å². The third-order valence-electron chi connectivity index (χ3n) is 5.64. The summed E-state index contributed by atoms with van der Waals surface area (Å²) in [6.45, 7) is 2.66. The molecule has 2 aromatic rings. The highest BCUT2D eigenvalue weighted by molar-refractivity contribution is 5.94. The Morgan fingerprint density at radius 1 is 1.21 bits per heavy atom. The van der Waals surface area contributed by atoms with Crippen LogP contribution >= 0.6 is 0 Å². The number of hydrogen-bond donors (Lipinski definition) is 1. The molecule has 0 radical (unpaired) electrons. The molecule has 1 aromatic heterocycles. The second kappa shape index (κ2) is 7.11. The zero-order chi connectivity index (χ0) is 19.9. The number of halogens is 3. The predicted octanol–water partition coefficient (Wildman–Crippen LogP) is 4.87. The first-order valence-corrected chi connectivity index (χ1v) is 9.55. The topological polar surface area (TPSA) is 49.0 Å². The number of piperidine rings is 1. The van der Waals surface area contributed by atoms with E-state index in [0.717, 1.165) is 11.0 Å². The highest BCUT2D eigenvalue weighted by Crippen LogP contribution is 2.41. The average molecular weight is 389 g/mol. The van der Waals surface area contributed by atoms with Crippen LogP contribution in [0.2, 0.25) is 0 Å². The van der Waals surface area contributed by atoms with Gasteiger partial charge in [-0.3, -0.25) is 4.79 Å². The number of carbonyl (C=O) groups is 1. The fraction of sp³-hybridized carbons (Fsp3) is 0.429. The van der Waals surface area contributed by atoms with Gasteiger partial charge in [-0.05, 0) is 48.8 Å². The summed E-state index contributed by atoms with van der Waals surface area (Å²) in [6, 6.07) is 7.40. The molecule has 148 valence electrons. The Morgan fingerprint density at radius 2 is 1.93 bits per heavy atom. The van der Waals surface area contributed by atoms with Crippen LogP contribution in [0, 0.1) is 11.8 Å². The standard InChI is InChI=1S/C21H22F3N3O/c1-13-6-7-15(16(12-13)21(22,23)24)14-8-10-27(11-9-14)20(28)19-25-17-4-2-3-5-18(17)26-19/h2-7,13-14H,8-12H2,1H3,(H,25,26). The number of alkyl halides is 3. The van der Waals surface area contributed by atoms with E-state index in [4.69, 9.17) is 0 Å². The fourth-order valence-corrected chi connectivity index (χ4v) is 4.14. The summed E-state index contributed by atoms with van der Waals surface area (Å²) in [4.78, 5) is 21.8. The summed E-state index contributed by atoms with van der Waals surface area (Å²) >= 11 is 0. The number of imidazole rings is 1. The van der Waals surface area contributed by atoms with Crippen LogP contribution in [0.25, 0.3) is 11.0 Å². The van der Waals surface area contributed by atoms with Gasteiger partial charge in [-0.2, -0.15) is 13.2 Å². The van der Waals surface area contributed by atoms with Gasteiger partial charge in [0.25, 0.3) is 5.91 Å². The van der Waals surface area contributed by atoms with Gasteiger partial charge >= 0.3 is 6.18 Å². The van der Waals surface area contributed by atoms with Crippen LogP contribution in [-0.2, 0) is 0 Å². The molecule has 4 nitrogen and oxygen atoms in total. The van der Waals surface area contributed by atoms with E-state index in [1.54, 1.807) is 17.9 Å². The minimum absolute atomic E-state index is 0.0352. The lowest BCUT2D eigenvalue weighted by Gasteiger charge is -2.34. The van der Waals surface area contributed by atoms with E-state index in [1.807, 2.05) is 30.3 Å². The zero-order valence-electron chi connectivity index (χ0n) is 15.6. The van der Waals surface area contributed by atoms with Crippen LogP contribution in [0.15, 0.2) is 47.6 Å². The number of benzene rings is 1. The van der Waals surface area contributed by atoms with E-state index in [-0.39, 0.29) is 30.0 Å². The summed E-state index contributed by atoms with van der Waals surface area (Å²) in [6.07, 6.45) is 0.303. The molecule has 1 unspecified atom stereocenters. The monoisotopic (exact) mass is 389 g/mol. The smallest absolute Gasteiger partial charge is 0.336 e. The van der Waals surface area contributed by atoms with E-state index in [1.165, 1.54) is 0 Å². The first kappa shape index (κ1) is 18.8. The van der Waals surface area contributed by atoms with Crippen LogP contribution in [-0.4, -0.2) is 40.0 Å². The normalized spacial score (nSPS) is 21.6. The molecule has 0 bridgehead atoms.